The van der Waals surface area contributed by atoms with Crippen LogP contribution in [0, 0.1) is 11.8 Å². The highest BCUT2D eigenvalue weighted by Crippen LogP contribution is 2.43. The van der Waals surface area contributed by atoms with Gasteiger partial charge in [0.25, 0.3) is 0 Å². The molecule has 0 aromatic rings. The van der Waals surface area contributed by atoms with E-state index in [2.05, 4.69) is 54.8 Å². The lowest BCUT2D eigenvalue weighted by Crippen LogP contribution is -2.34. The van der Waals surface area contributed by atoms with Crippen LogP contribution in [0.4, 0.5) is 0 Å². The van der Waals surface area contributed by atoms with Crippen molar-refractivity contribution in [1.82, 2.24) is 0 Å². The molecule has 1 aliphatic rings. The molecule has 0 saturated heterocycles. The number of ketones is 1. The van der Waals surface area contributed by atoms with Gasteiger partial charge in [0.15, 0.2) is 6.10 Å². The predicted molar refractivity (Wildman–Crippen MR) is 236 cm³/mol. The molecule has 0 amide bonds. The Morgan fingerprint density at radius 2 is 1.34 bits per heavy atom. The number of unbranched alkanes of at least 4 members (excludes halogenated alkanes) is 9. The molecule has 14 nitrogen and oxygen atoms in total. The van der Waals surface area contributed by atoms with Gasteiger partial charge in [-0.3, -0.25) is 28.2 Å². The molecule has 15 heteroatoms. The monoisotopic (exact) mass is 882 g/mol. The number of carboxylic acids is 1. The van der Waals surface area contributed by atoms with E-state index in [4.69, 9.17) is 24.8 Å². The summed E-state index contributed by atoms with van der Waals surface area (Å²) in [5, 5.41) is 29.7. The number of esters is 2. The second-order valence-electron chi connectivity index (χ2n) is 15.6. The number of nitrogens with two attached hydrogens (primary N) is 1. The Labute approximate surface area is 364 Å². The maximum Gasteiger partial charge on any atom is 0.472 e. The van der Waals surface area contributed by atoms with E-state index in [0.29, 0.717) is 38.5 Å². The Kier molecular flexibility index (Phi) is 32.2. The van der Waals surface area contributed by atoms with Crippen molar-refractivity contribution in [3.8, 4) is 0 Å². The van der Waals surface area contributed by atoms with Gasteiger partial charge >= 0.3 is 25.7 Å². The third-order valence-corrected chi connectivity index (χ3v) is 11.1. The van der Waals surface area contributed by atoms with Crippen molar-refractivity contribution in [2.75, 3.05) is 19.8 Å². The van der Waals surface area contributed by atoms with Gasteiger partial charge in [-0.05, 0) is 70.1 Å². The molecule has 6 N–H and O–H groups in total. The molecule has 0 heterocycles. The van der Waals surface area contributed by atoms with Crippen molar-refractivity contribution in [3.05, 3.63) is 60.8 Å². The minimum absolute atomic E-state index is 0.0224. The predicted octanol–water partition coefficient (Wildman–Crippen LogP) is 8.54. The number of phosphoric acid groups is 1. The van der Waals surface area contributed by atoms with Gasteiger partial charge < -0.3 is 35.4 Å². The van der Waals surface area contributed by atoms with Crippen LogP contribution in [0.15, 0.2) is 60.8 Å². The zero-order chi connectivity index (χ0) is 45.1. The van der Waals surface area contributed by atoms with Crippen LogP contribution in [-0.4, -0.2) is 88.1 Å². The van der Waals surface area contributed by atoms with Crippen molar-refractivity contribution in [2.24, 2.45) is 17.6 Å². The van der Waals surface area contributed by atoms with E-state index in [1.165, 1.54) is 19.3 Å². The van der Waals surface area contributed by atoms with E-state index >= 15 is 0 Å². The summed E-state index contributed by atoms with van der Waals surface area (Å²) in [4.78, 5) is 58.7. The van der Waals surface area contributed by atoms with Gasteiger partial charge in [0.1, 0.15) is 18.4 Å². The zero-order valence-electron chi connectivity index (χ0n) is 36.7. The lowest BCUT2D eigenvalue weighted by molar-refractivity contribution is -0.161. The fourth-order valence-electron chi connectivity index (χ4n) is 6.55. The SMILES string of the molecule is CCCCC/C=C\C/C=C\C/C=C\C/C=C\CCCC(=O)O[C@H](COC(=O)CCCCCC[C@H]1[C@@H](O)CC(=O)[C@@H]1/C=C/[C@@H](O)CCCCC)COP(=O)(O)OC[C@H](N)C(=O)O. The Morgan fingerprint density at radius 1 is 0.770 bits per heavy atom. The topological polar surface area (TPSA) is 229 Å². The summed E-state index contributed by atoms with van der Waals surface area (Å²) >= 11 is 0. The quantitative estimate of drug-likeness (QED) is 0.0171. The molecule has 1 rings (SSSR count). The molecule has 0 radical (unpaired) electrons. The maximum absolute atomic E-state index is 12.7. The number of carboxylic acid groups (broad SMARTS) is 1. The summed E-state index contributed by atoms with van der Waals surface area (Å²) in [6.07, 6.45) is 33.4. The first-order chi connectivity index (χ1) is 29.3. The maximum atomic E-state index is 12.7. The van der Waals surface area contributed by atoms with Gasteiger partial charge in [-0.25, -0.2) is 4.57 Å². The van der Waals surface area contributed by atoms with Crippen LogP contribution in [0.1, 0.15) is 149 Å². The van der Waals surface area contributed by atoms with Gasteiger partial charge in [0.05, 0.1) is 25.4 Å². The molecule has 348 valence electrons. The zero-order valence-corrected chi connectivity index (χ0v) is 37.6. The largest absolute Gasteiger partial charge is 0.480 e. The first-order valence-electron chi connectivity index (χ1n) is 22.4. The number of hydrogen-bond donors (Lipinski definition) is 5. The number of hydrogen-bond acceptors (Lipinski definition) is 12. The van der Waals surface area contributed by atoms with Crippen molar-refractivity contribution in [1.29, 1.82) is 0 Å². The lowest BCUT2D eigenvalue weighted by atomic mass is 9.88. The molecule has 1 saturated carbocycles. The van der Waals surface area contributed by atoms with Gasteiger partial charge in [0.2, 0.25) is 0 Å². The highest BCUT2D eigenvalue weighted by atomic mass is 31.2. The molecular weight excluding hydrogens is 805 g/mol. The molecule has 7 atom stereocenters. The molecular formula is C46H76NO13P. The number of phosphoric ester groups is 1. The Morgan fingerprint density at radius 3 is 1.98 bits per heavy atom. The fourth-order valence-corrected chi connectivity index (χ4v) is 7.33. The second kappa shape index (κ2) is 35.3. The average molecular weight is 882 g/mol. The third kappa shape index (κ3) is 29.7. The van der Waals surface area contributed by atoms with Crippen LogP contribution in [-0.2, 0) is 42.3 Å². The highest BCUT2D eigenvalue weighted by Gasteiger charge is 2.39. The van der Waals surface area contributed by atoms with Gasteiger partial charge in [0, 0.05) is 25.2 Å². The van der Waals surface area contributed by atoms with Gasteiger partial charge in [-0.1, -0.05) is 126 Å². The van der Waals surface area contributed by atoms with E-state index in [1.54, 1.807) is 12.2 Å². The molecule has 0 aliphatic heterocycles. The van der Waals surface area contributed by atoms with Crippen molar-refractivity contribution in [3.63, 3.8) is 0 Å². The number of carbonyl (C=O) groups is 4. The molecule has 0 bridgehead atoms. The van der Waals surface area contributed by atoms with Crippen molar-refractivity contribution < 1.29 is 62.5 Å². The lowest BCUT2D eigenvalue weighted by Gasteiger charge is -2.20. The van der Waals surface area contributed by atoms with Crippen LogP contribution in [0.25, 0.3) is 0 Å². The first kappa shape index (κ1) is 55.8. The summed E-state index contributed by atoms with van der Waals surface area (Å²) in [5.41, 5.74) is 5.33. The Balaban J connectivity index is 2.51. The number of Topliss-reactive ketones (excluding diaryl/α,β-unsaturated/α-hetero) is 1. The number of rotatable bonds is 37. The minimum Gasteiger partial charge on any atom is -0.480 e. The van der Waals surface area contributed by atoms with Gasteiger partial charge in [-0.2, -0.15) is 0 Å². The van der Waals surface area contributed by atoms with E-state index in [1.807, 2.05) is 12.2 Å². The normalized spacial score (nSPS) is 19.7. The van der Waals surface area contributed by atoms with Crippen LogP contribution in [0.3, 0.4) is 0 Å². The standard InChI is InChI=1S/C46H76NO13P/c1-3-5-7-8-9-10-11-12-13-14-15-16-17-18-19-20-26-30-45(52)60-38(35-58-61(55,56)59-36-41(47)46(53)54)34-57-44(51)29-25-22-21-24-28-39-40(43(50)33-42(39)49)32-31-37(48)27-23-6-4-2/h9-10,12-13,15-16,18-19,31-32,37-42,48-49H,3-8,11,14,17,20-30,33-36,47H2,1-2H3,(H,53,54)(H,55,56)/b10-9-,13-12-,16-15-,19-18-,32-31+/t37-,38+,39+,40+,41-,42-/m0/s1. The highest BCUT2D eigenvalue weighted by molar-refractivity contribution is 7.47. The van der Waals surface area contributed by atoms with Gasteiger partial charge in [-0.15, -0.1) is 0 Å². The molecule has 1 unspecified atom stereocenters. The molecule has 61 heavy (non-hydrogen) atoms. The second-order valence-corrected chi connectivity index (χ2v) is 17.1. The number of aliphatic hydroxyl groups is 2. The third-order valence-electron chi connectivity index (χ3n) is 10.1. The number of carbonyl (C=O) groups excluding carboxylic acids is 3. The summed E-state index contributed by atoms with van der Waals surface area (Å²) in [6, 6.07) is -1.57. The fraction of sp³-hybridized carbons (Fsp3) is 0.696. The number of aliphatic carboxylic acids is 1. The molecule has 0 spiro atoms. The average Bonchev–Trinajstić information content (AvgIpc) is 3.49. The van der Waals surface area contributed by atoms with Crippen LogP contribution in [0.2, 0.25) is 0 Å². The Bertz CT molecular complexity index is 1430. The minimum atomic E-state index is -4.79. The molecule has 0 aromatic heterocycles. The van der Waals surface area contributed by atoms with E-state index in [9.17, 15) is 38.8 Å². The number of ether oxygens (including phenoxy) is 2. The van der Waals surface area contributed by atoms with Crippen molar-refractivity contribution >= 4 is 31.5 Å². The summed E-state index contributed by atoms with van der Waals surface area (Å²) < 4.78 is 32.6. The number of aliphatic hydroxyl groups excluding tert-OH is 2. The number of allylic oxidation sites excluding steroid dienone is 9. The smallest absolute Gasteiger partial charge is 0.472 e. The van der Waals surface area contributed by atoms with Crippen molar-refractivity contribution in [2.45, 2.75) is 173 Å². The van der Waals surface area contributed by atoms with E-state index < -0.39 is 75.8 Å². The molecule has 0 aromatic carbocycles. The molecule has 1 aliphatic carbocycles. The summed E-state index contributed by atoms with van der Waals surface area (Å²) in [7, 11) is -4.79. The first-order valence-corrected chi connectivity index (χ1v) is 23.9. The summed E-state index contributed by atoms with van der Waals surface area (Å²) in [6.45, 7) is 2.37. The summed E-state index contributed by atoms with van der Waals surface area (Å²) in [5.74, 6) is -3.30. The molecule has 1 fully saturated rings. The Hall–Kier alpha value is -3.23. The van der Waals surface area contributed by atoms with E-state index in [0.717, 1.165) is 57.8 Å². The van der Waals surface area contributed by atoms with Crippen LogP contribution in [0.5, 0.6) is 0 Å². The van der Waals surface area contributed by atoms with Crippen LogP contribution >= 0.6 is 7.82 Å². The van der Waals surface area contributed by atoms with E-state index in [-0.39, 0.29) is 31.0 Å². The van der Waals surface area contributed by atoms with Crippen LogP contribution < -0.4 is 5.73 Å².